The van der Waals surface area contributed by atoms with E-state index in [1.807, 2.05) is 34.6 Å². The molecular weight excluding hydrogens is 614 g/mol. The number of aromatic nitrogens is 3. The number of benzene rings is 2. The van der Waals surface area contributed by atoms with E-state index in [1.165, 1.54) is 24.3 Å². The molecule has 0 radical (unpaired) electrons. The number of rotatable bonds is 4. The number of phenolic OH excluding ortho intramolecular Hbond substituents is 1. The van der Waals surface area contributed by atoms with Crippen LogP contribution in [0.25, 0.3) is 32.9 Å². The number of nitrogens with one attached hydrogen (secondary N) is 2. The Balaban J connectivity index is 0.00000109. The maximum Gasteiger partial charge on any atom is 0.319 e. The standard InChI is InChI=1S/C33H34F2N6O3.2C2H6/c1-3-22-24(34)7-6-20-16-21(42)17-23(25(20)22)28-27(35)29-26-30(37-13-12-36-11-8-19(2)44-31(26)38-28)40-32(39-29)43-18-33-9-4-14-41(33)15-5-10-33;2*1-2/h1,6-7,16-17,19,36,42H,4-5,8-15,18H2,2H3,(H,37,39,40);2*1-2H3. The van der Waals surface area contributed by atoms with Crippen molar-refractivity contribution in [2.45, 2.75) is 78.4 Å². The van der Waals surface area contributed by atoms with Gasteiger partial charge in [-0.2, -0.15) is 9.97 Å². The van der Waals surface area contributed by atoms with Crippen LogP contribution in [0.3, 0.4) is 0 Å². The van der Waals surface area contributed by atoms with Crippen LogP contribution in [0.4, 0.5) is 14.6 Å². The molecule has 0 spiro atoms. The Labute approximate surface area is 281 Å². The molecule has 7 rings (SSSR count). The second kappa shape index (κ2) is 15.3. The number of pyridine rings is 1. The molecule has 2 saturated heterocycles. The van der Waals surface area contributed by atoms with Gasteiger partial charge in [-0.1, -0.05) is 39.7 Å². The van der Waals surface area contributed by atoms with Crippen LogP contribution in [-0.2, 0) is 0 Å². The van der Waals surface area contributed by atoms with E-state index in [-0.39, 0.29) is 62.4 Å². The molecule has 3 N–H and O–H groups in total. The number of anilines is 1. The number of halogens is 2. The maximum atomic E-state index is 16.9. The lowest BCUT2D eigenvalue weighted by Crippen LogP contribution is -2.43. The minimum Gasteiger partial charge on any atom is -0.508 e. The van der Waals surface area contributed by atoms with Gasteiger partial charge in [0.05, 0.1) is 17.2 Å². The van der Waals surface area contributed by atoms with E-state index in [0.717, 1.165) is 38.8 Å². The second-order valence-corrected chi connectivity index (χ2v) is 11.9. The van der Waals surface area contributed by atoms with Gasteiger partial charge < -0.3 is 25.2 Å². The molecular formula is C37H46F2N6O3. The lowest BCUT2D eigenvalue weighted by atomic mass is 9.95. The predicted octanol–water partition coefficient (Wildman–Crippen LogP) is 7.04. The van der Waals surface area contributed by atoms with Crippen molar-refractivity contribution in [2.75, 3.05) is 44.6 Å². The van der Waals surface area contributed by atoms with Gasteiger partial charge in [-0.25, -0.2) is 13.8 Å². The lowest BCUT2D eigenvalue weighted by Gasteiger charge is -2.31. The van der Waals surface area contributed by atoms with Gasteiger partial charge in [0.15, 0.2) is 5.82 Å². The van der Waals surface area contributed by atoms with Gasteiger partial charge in [-0.15, -0.1) is 6.42 Å². The molecule has 3 aliphatic rings. The zero-order valence-electron chi connectivity index (χ0n) is 28.6. The van der Waals surface area contributed by atoms with Crippen molar-refractivity contribution >= 4 is 27.5 Å². The van der Waals surface area contributed by atoms with Crippen LogP contribution in [0, 0.1) is 24.0 Å². The van der Waals surface area contributed by atoms with E-state index >= 15 is 4.39 Å². The molecule has 48 heavy (non-hydrogen) atoms. The van der Waals surface area contributed by atoms with Crippen molar-refractivity contribution in [1.29, 1.82) is 0 Å². The summed E-state index contributed by atoms with van der Waals surface area (Å²) >= 11 is 0. The van der Waals surface area contributed by atoms with Gasteiger partial charge in [-0.3, -0.25) is 4.90 Å². The molecule has 0 aliphatic carbocycles. The summed E-state index contributed by atoms with van der Waals surface area (Å²) in [7, 11) is 0. The number of aromatic hydroxyl groups is 1. The Hall–Kier alpha value is -4.27. The number of phenols is 1. The first kappa shape index (κ1) is 35.0. The van der Waals surface area contributed by atoms with Gasteiger partial charge in [0.2, 0.25) is 5.88 Å². The smallest absolute Gasteiger partial charge is 0.319 e. The zero-order valence-corrected chi connectivity index (χ0v) is 28.6. The van der Waals surface area contributed by atoms with Crippen molar-refractivity contribution in [3.05, 3.63) is 41.5 Å². The van der Waals surface area contributed by atoms with E-state index in [0.29, 0.717) is 43.9 Å². The Morgan fingerprint density at radius 3 is 2.52 bits per heavy atom. The van der Waals surface area contributed by atoms with Gasteiger partial charge in [0.25, 0.3) is 0 Å². The molecule has 9 nitrogen and oxygen atoms in total. The van der Waals surface area contributed by atoms with E-state index in [4.69, 9.17) is 15.9 Å². The number of hydrogen-bond acceptors (Lipinski definition) is 9. The monoisotopic (exact) mass is 660 g/mol. The van der Waals surface area contributed by atoms with Crippen LogP contribution >= 0.6 is 0 Å². The van der Waals surface area contributed by atoms with Crippen LogP contribution in [-0.4, -0.2) is 75.9 Å². The first-order valence-electron chi connectivity index (χ1n) is 17.2. The lowest BCUT2D eigenvalue weighted by molar-refractivity contribution is 0.108. The van der Waals surface area contributed by atoms with Crippen molar-refractivity contribution in [3.8, 4) is 41.2 Å². The third-order valence-electron chi connectivity index (χ3n) is 9.10. The Morgan fingerprint density at radius 1 is 1.04 bits per heavy atom. The van der Waals surface area contributed by atoms with Gasteiger partial charge in [-0.05, 0) is 82.2 Å². The van der Waals surface area contributed by atoms with Crippen LogP contribution in [0.15, 0.2) is 24.3 Å². The Morgan fingerprint density at radius 2 is 1.79 bits per heavy atom. The average molecular weight is 661 g/mol. The first-order valence-corrected chi connectivity index (χ1v) is 17.2. The van der Waals surface area contributed by atoms with Gasteiger partial charge in [0.1, 0.15) is 40.6 Å². The molecule has 4 aromatic rings. The number of terminal acetylenes is 1. The fourth-order valence-corrected chi connectivity index (χ4v) is 6.94. The van der Waals surface area contributed by atoms with Crippen molar-refractivity contribution in [3.63, 3.8) is 0 Å². The topological polar surface area (TPSA) is 105 Å². The highest BCUT2D eigenvalue weighted by molar-refractivity contribution is 6.04. The molecule has 2 aromatic carbocycles. The molecule has 11 heteroatoms. The Kier molecular flexibility index (Phi) is 11.2. The number of ether oxygens (including phenoxy) is 2. The van der Waals surface area contributed by atoms with Crippen molar-refractivity contribution < 1.29 is 23.4 Å². The van der Waals surface area contributed by atoms with Crippen LogP contribution in [0.1, 0.15) is 72.3 Å². The van der Waals surface area contributed by atoms with Gasteiger partial charge in [0, 0.05) is 24.0 Å². The fraction of sp³-hybridized carbons (Fsp3) is 0.486. The van der Waals surface area contributed by atoms with E-state index in [2.05, 4.69) is 36.4 Å². The summed E-state index contributed by atoms with van der Waals surface area (Å²) in [5, 5.41) is 18.2. The molecule has 5 heterocycles. The molecule has 0 saturated carbocycles. The van der Waals surface area contributed by atoms with Crippen LogP contribution < -0.4 is 20.1 Å². The van der Waals surface area contributed by atoms with Crippen molar-refractivity contribution in [1.82, 2.24) is 25.2 Å². The molecule has 1 atom stereocenters. The SMILES string of the molecule is C#Cc1c(F)ccc2cc(O)cc(-c3nc4c5c(nc(OCC67CCCN6CCC7)nc5c3F)NCCNCCC(C)O4)c12.CC.CC. The highest BCUT2D eigenvalue weighted by Crippen LogP contribution is 2.42. The molecule has 2 aromatic heterocycles. The van der Waals surface area contributed by atoms with Crippen LogP contribution in [0.2, 0.25) is 0 Å². The molecule has 3 aliphatic heterocycles. The third kappa shape index (κ3) is 6.69. The number of nitrogens with zero attached hydrogens (tertiary/aromatic N) is 4. The fourth-order valence-electron chi connectivity index (χ4n) is 6.94. The molecule has 256 valence electrons. The highest BCUT2D eigenvalue weighted by Gasteiger charge is 2.45. The predicted molar refractivity (Wildman–Crippen MR) is 187 cm³/mol. The summed E-state index contributed by atoms with van der Waals surface area (Å²) in [6.07, 6.45) is 10.4. The summed E-state index contributed by atoms with van der Waals surface area (Å²) in [6, 6.07) is 5.53. The zero-order chi connectivity index (χ0) is 34.4. The quantitative estimate of drug-likeness (QED) is 0.199. The summed E-state index contributed by atoms with van der Waals surface area (Å²) in [4.78, 5) is 16.4. The average Bonchev–Trinajstić information content (AvgIpc) is 3.68. The molecule has 1 unspecified atom stereocenters. The summed E-state index contributed by atoms with van der Waals surface area (Å²) < 4.78 is 44.3. The summed E-state index contributed by atoms with van der Waals surface area (Å²) in [5.41, 5.74) is -0.229. The van der Waals surface area contributed by atoms with Crippen LogP contribution in [0.5, 0.6) is 17.6 Å². The molecule has 0 bridgehead atoms. The first-order chi connectivity index (χ1) is 23.4. The Bertz CT molecular complexity index is 1800. The largest absolute Gasteiger partial charge is 0.508 e. The summed E-state index contributed by atoms with van der Waals surface area (Å²) in [6.45, 7) is 14.3. The third-order valence-corrected chi connectivity index (χ3v) is 9.10. The highest BCUT2D eigenvalue weighted by atomic mass is 19.1. The van der Waals surface area contributed by atoms with E-state index in [9.17, 15) is 9.50 Å². The number of fused-ring (bicyclic) bond motifs is 2. The summed E-state index contributed by atoms with van der Waals surface area (Å²) in [5.74, 6) is 1.27. The maximum absolute atomic E-state index is 16.9. The normalized spacial score (nSPS) is 18.6. The molecule has 0 amide bonds. The van der Waals surface area contributed by atoms with E-state index in [1.54, 1.807) is 0 Å². The minimum absolute atomic E-state index is 0.0436. The van der Waals surface area contributed by atoms with Gasteiger partial charge >= 0.3 is 6.01 Å². The van der Waals surface area contributed by atoms with E-state index < -0.39 is 11.6 Å². The minimum atomic E-state index is -0.788. The second-order valence-electron chi connectivity index (χ2n) is 11.9. The number of hydrogen-bond donors (Lipinski definition) is 3. The molecule has 2 fully saturated rings. The van der Waals surface area contributed by atoms with Crippen molar-refractivity contribution in [2.24, 2.45) is 0 Å².